The number of hydrogen-bond acceptors (Lipinski definition) is 6. The molecule has 0 saturated heterocycles. The van der Waals surface area contributed by atoms with Gasteiger partial charge in [-0.05, 0) is 53.6 Å². The second-order valence-electron chi connectivity index (χ2n) is 12.8. The van der Waals surface area contributed by atoms with Gasteiger partial charge in [0.25, 0.3) is 0 Å². The summed E-state index contributed by atoms with van der Waals surface area (Å²) in [5, 5.41) is 6.80. The molecule has 0 bridgehead atoms. The molecular formula is C45H25N3O2S. The van der Waals surface area contributed by atoms with Crippen molar-refractivity contribution in [2.75, 3.05) is 0 Å². The maximum absolute atomic E-state index is 6.43. The molecule has 0 fully saturated rings. The second-order valence-corrected chi connectivity index (χ2v) is 13.8. The van der Waals surface area contributed by atoms with Gasteiger partial charge in [-0.1, -0.05) is 103 Å². The van der Waals surface area contributed by atoms with E-state index in [0.29, 0.717) is 17.5 Å². The van der Waals surface area contributed by atoms with Crippen molar-refractivity contribution in [1.82, 2.24) is 15.0 Å². The molecule has 5 nitrogen and oxygen atoms in total. The van der Waals surface area contributed by atoms with Crippen LogP contribution in [0.1, 0.15) is 0 Å². The third-order valence-electron chi connectivity index (χ3n) is 9.74. The monoisotopic (exact) mass is 671 g/mol. The van der Waals surface area contributed by atoms with E-state index in [1.54, 1.807) is 11.3 Å². The predicted molar refractivity (Wildman–Crippen MR) is 209 cm³/mol. The summed E-state index contributed by atoms with van der Waals surface area (Å²) in [6.45, 7) is 0. The number of fused-ring (bicyclic) bond motifs is 9. The van der Waals surface area contributed by atoms with Gasteiger partial charge < -0.3 is 8.83 Å². The molecule has 51 heavy (non-hydrogen) atoms. The zero-order valence-electron chi connectivity index (χ0n) is 27.0. The molecule has 0 spiro atoms. The highest BCUT2D eigenvalue weighted by Gasteiger charge is 2.18. The Balaban J connectivity index is 1.04. The van der Waals surface area contributed by atoms with E-state index in [0.717, 1.165) is 71.7 Å². The quantitative estimate of drug-likeness (QED) is 0.186. The number of aromatic nitrogens is 3. The summed E-state index contributed by atoms with van der Waals surface area (Å²) >= 11 is 1.78. The second kappa shape index (κ2) is 10.9. The average molecular weight is 672 g/mol. The summed E-state index contributed by atoms with van der Waals surface area (Å²) in [6.07, 6.45) is 0. The van der Waals surface area contributed by atoms with Gasteiger partial charge in [0.1, 0.15) is 22.3 Å². The third-order valence-corrected chi connectivity index (χ3v) is 11.0. The van der Waals surface area contributed by atoms with Crippen molar-refractivity contribution < 1.29 is 8.83 Å². The van der Waals surface area contributed by atoms with Crippen molar-refractivity contribution in [3.63, 3.8) is 0 Å². The lowest BCUT2D eigenvalue weighted by atomic mass is 10.0. The lowest BCUT2D eigenvalue weighted by Crippen LogP contribution is -2.00. The van der Waals surface area contributed by atoms with E-state index in [1.807, 2.05) is 54.6 Å². The normalized spacial score (nSPS) is 11.9. The van der Waals surface area contributed by atoms with Crippen LogP contribution in [0.4, 0.5) is 0 Å². The van der Waals surface area contributed by atoms with Crippen LogP contribution in [0.3, 0.4) is 0 Å². The lowest BCUT2D eigenvalue weighted by molar-refractivity contribution is 0.656. The Morgan fingerprint density at radius 3 is 1.84 bits per heavy atom. The fourth-order valence-electron chi connectivity index (χ4n) is 7.28. The van der Waals surface area contributed by atoms with E-state index < -0.39 is 0 Å². The molecule has 4 aromatic heterocycles. The Morgan fingerprint density at radius 1 is 0.353 bits per heavy atom. The van der Waals surface area contributed by atoms with Crippen LogP contribution in [0, 0.1) is 0 Å². The largest absolute Gasteiger partial charge is 0.456 e. The van der Waals surface area contributed by atoms with Crippen LogP contribution in [0.2, 0.25) is 0 Å². The number of furan rings is 2. The number of nitrogens with zero attached hydrogens (tertiary/aromatic N) is 3. The number of rotatable bonds is 4. The molecule has 11 aromatic rings. The van der Waals surface area contributed by atoms with Crippen LogP contribution < -0.4 is 0 Å². The molecule has 0 saturated carbocycles. The molecule has 0 aliphatic carbocycles. The zero-order valence-corrected chi connectivity index (χ0v) is 27.8. The zero-order chi connectivity index (χ0) is 33.5. The Morgan fingerprint density at radius 2 is 0.961 bits per heavy atom. The van der Waals surface area contributed by atoms with Crippen LogP contribution in [0.15, 0.2) is 160 Å². The van der Waals surface area contributed by atoms with Crippen molar-refractivity contribution in [3.05, 3.63) is 152 Å². The van der Waals surface area contributed by atoms with E-state index in [9.17, 15) is 0 Å². The van der Waals surface area contributed by atoms with Crippen LogP contribution in [-0.2, 0) is 0 Å². The molecule has 0 N–H and O–H groups in total. The standard InChI is InChI=1S/C45H25N3O2S/c1-2-10-26(11-3-1)43-46-44(48-45(47-43)34-17-9-16-33-32-15-5-7-19-41(32)51-42(33)34)29-13-8-12-27(22-29)28-20-21-31-36-24-35-30-14-4-6-18-37(30)49-39(35)25-40(36)50-38(31)23-28/h1-25H. The van der Waals surface area contributed by atoms with Crippen molar-refractivity contribution in [2.45, 2.75) is 0 Å². The maximum Gasteiger partial charge on any atom is 0.165 e. The summed E-state index contributed by atoms with van der Waals surface area (Å²) in [5.74, 6) is 1.92. The molecule has 238 valence electrons. The van der Waals surface area contributed by atoms with Crippen LogP contribution >= 0.6 is 11.3 Å². The van der Waals surface area contributed by atoms with Gasteiger partial charge in [-0.25, -0.2) is 15.0 Å². The molecule has 0 amide bonds. The molecule has 7 aromatic carbocycles. The maximum atomic E-state index is 6.43. The van der Waals surface area contributed by atoms with Gasteiger partial charge in [-0.3, -0.25) is 0 Å². The van der Waals surface area contributed by atoms with E-state index in [2.05, 4.69) is 97.1 Å². The first-order valence-electron chi connectivity index (χ1n) is 16.8. The summed E-state index contributed by atoms with van der Waals surface area (Å²) in [5.41, 5.74) is 8.29. The molecule has 6 heteroatoms. The summed E-state index contributed by atoms with van der Waals surface area (Å²) < 4.78 is 15.0. The lowest BCUT2D eigenvalue weighted by Gasteiger charge is -2.10. The van der Waals surface area contributed by atoms with Gasteiger partial charge in [0, 0.05) is 64.5 Å². The molecular weight excluding hydrogens is 647 g/mol. The highest BCUT2D eigenvalue weighted by molar-refractivity contribution is 7.26. The summed E-state index contributed by atoms with van der Waals surface area (Å²) in [4.78, 5) is 15.2. The first kappa shape index (κ1) is 28.2. The molecule has 0 atom stereocenters. The fourth-order valence-corrected chi connectivity index (χ4v) is 8.49. The van der Waals surface area contributed by atoms with Crippen molar-refractivity contribution in [1.29, 1.82) is 0 Å². The highest BCUT2D eigenvalue weighted by Crippen LogP contribution is 2.41. The molecule has 0 radical (unpaired) electrons. The minimum absolute atomic E-state index is 0.624. The first-order valence-corrected chi connectivity index (χ1v) is 17.7. The summed E-state index contributed by atoms with van der Waals surface area (Å²) in [6, 6.07) is 52.2. The third kappa shape index (κ3) is 4.50. The Bertz CT molecular complexity index is 3160. The summed E-state index contributed by atoms with van der Waals surface area (Å²) in [7, 11) is 0. The van der Waals surface area contributed by atoms with E-state index in [4.69, 9.17) is 23.8 Å². The van der Waals surface area contributed by atoms with Gasteiger partial charge in [-0.2, -0.15) is 0 Å². The minimum atomic E-state index is 0.624. The van der Waals surface area contributed by atoms with Crippen molar-refractivity contribution in [3.8, 4) is 45.3 Å². The number of thiophene rings is 1. The fraction of sp³-hybridized carbons (Fsp3) is 0. The van der Waals surface area contributed by atoms with Gasteiger partial charge in [0.05, 0.1) is 0 Å². The molecule has 0 aliphatic rings. The SMILES string of the molecule is c1ccc(-c2nc(-c3cccc(-c4ccc5c(c4)oc4cc6oc7ccccc7c6cc45)c3)nc(-c3cccc4c3sc3ccccc34)n2)cc1. The molecule has 0 aliphatic heterocycles. The van der Waals surface area contributed by atoms with E-state index in [1.165, 1.54) is 20.2 Å². The number of hydrogen-bond donors (Lipinski definition) is 0. The van der Waals surface area contributed by atoms with Crippen LogP contribution in [0.5, 0.6) is 0 Å². The average Bonchev–Trinajstić information content (AvgIpc) is 3.87. The predicted octanol–water partition coefficient (Wildman–Crippen LogP) is 12.7. The molecule has 0 unspecified atom stereocenters. The van der Waals surface area contributed by atoms with Gasteiger partial charge in [-0.15, -0.1) is 11.3 Å². The molecule has 4 heterocycles. The topological polar surface area (TPSA) is 65.0 Å². The molecule has 11 rings (SSSR count). The van der Waals surface area contributed by atoms with Crippen molar-refractivity contribution in [2.24, 2.45) is 0 Å². The van der Waals surface area contributed by atoms with E-state index in [-0.39, 0.29) is 0 Å². The van der Waals surface area contributed by atoms with Crippen molar-refractivity contribution >= 4 is 75.4 Å². The van der Waals surface area contributed by atoms with Crippen LogP contribution in [-0.4, -0.2) is 15.0 Å². The van der Waals surface area contributed by atoms with Gasteiger partial charge in [0.15, 0.2) is 17.5 Å². The first-order chi connectivity index (χ1) is 25.2. The minimum Gasteiger partial charge on any atom is -0.456 e. The smallest absolute Gasteiger partial charge is 0.165 e. The Hall–Kier alpha value is -6.63. The van der Waals surface area contributed by atoms with Crippen LogP contribution in [0.25, 0.3) is 109 Å². The number of para-hydroxylation sites is 1. The van der Waals surface area contributed by atoms with Gasteiger partial charge >= 0.3 is 0 Å². The Kier molecular flexibility index (Phi) is 6.05. The van der Waals surface area contributed by atoms with Gasteiger partial charge in [0.2, 0.25) is 0 Å². The van der Waals surface area contributed by atoms with E-state index >= 15 is 0 Å². The highest BCUT2D eigenvalue weighted by atomic mass is 32.1. The number of benzene rings is 7. The Labute approximate surface area is 295 Å².